The fraction of sp³-hybridized carbons (Fsp3) is 0.556. The van der Waals surface area contributed by atoms with Crippen LogP contribution in [0.4, 0.5) is 19.1 Å². The number of amides is 1. The van der Waals surface area contributed by atoms with Gasteiger partial charge in [0.15, 0.2) is 5.69 Å². The molecule has 28 heavy (non-hydrogen) atoms. The summed E-state index contributed by atoms with van der Waals surface area (Å²) in [6, 6.07) is 2.06. The van der Waals surface area contributed by atoms with Crippen LogP contribution in [-0.4, -0.2) is 56.7 Å². The molecular weight excluding hydrogens is 373 g/mol. The third-order valence-corrected chi connectivity index (χ3v) is 5.20. The first-order valence-corrected chi connectivity index (χ1v) is 9.32. The Labute approximate surface area is 160 Å². The summed E-state index contributed by atoms with van der Waals surface area (Å²) in [5.41, 5.74) is -0.426. The smallest absolute Gasteiger partial charge is 0.337 e. The fourth-order valence-electron chi connectivity index (χ4n) is 3.49. The second-order valence-corrected chi connectivity index (χ2v) is 7.21. The van der Waals surface area contributed by atoms with Crippen molar-refractivity contribution < 1.29 is 18.0 Å². The number of nitrogens with zero attached hydrogens (tertiary/aromatic N) is 6. The topological polar surface area (TPSA) is 67.2 Å². The van der Waals surface area contributed by atoms with Crippen LogP contribution in [0.5, 0.6) is 0 Å². The Kier molecular flexibility index (Phi) is 4.72. The maximum absolute atomic E-state index is 13.1. The van der Waals surface area contributed by atoms with Crippen LogP contribution in [-0.2, 0) is 11.0 Å². The molecule has 1 aliphatic carbocycles. The Hall–Kier alpha value is -2.65. The largest absolute Gasteiger partial charge is 0.435 e. The van der Waals surface area contributed by atoms with Gasteiger partial charge in [-0.15, -0.1) is 0 Å². The van der Waals surface area contributed by atoms with Gasteiger partial charge in [-0.2, -0.15) is 18.3 Å². The summed E-state index contributed by atoms with van der Waals surface area (Å²) >= 11 is 0. The zero-order chi connectivity index (χ0) is 19.9. The van der Waals surface area contributed by atoms with Crippen LogP contribution >= 0.6 is 0 Å². The number of alkyl halides is 3. The van der Waals surface area contributed by atoms with Crippen LogP contribution in [0.2, 0.25) is 0 Å². The van der Waals surface area contributed by atoms with Crippen molar-refractivity contribution in [3.05, 3.63) is 35.9 Å². The average Bonchev–Trinajstić information content (AvgIpc) is 3.44. The molecule has 1 saturated heterocycles. The number of carbonyl (C=O) groups excluding carboxylic acids is 1. The van der Waals surface area contributed by atoms with E-state index in [9.17, 15) is 18.0 Å². The molecule has 4 rings (SSSR count). The molecule has 3 heterocycles. The molecule has 2 aromatic heterocycles. The zero-order valence-electron chi connectivity index (χ0n) is 15.4. The van der Waals surface area contributed by atoms with Crippen LogP contribution in [0.1, 0.15) is 43.1 Å². The lowest BCUT2D eigenvalue weighted by molar-refractivity contribution is -0.142. The molecular formula is C18H21F3N6O. The third kappa shape index (κ3) is 3.67. The monoisotopic (exact) mass is 394 g/mol. The van der Waals surface area contributed by atoms with Crippen LogP contribution in [0.15, 0.2) is 24.5 Å². The second-order valence-electron chi connectivity index (χ2n) is 7.21. The number of carbonyl (C=O) groups is 1. The Morgan fingerprint density at radius 1 is 1.14 bits per heavy atom. The van der Waals surface area contributed by atoms with Gasteiger partial charge in [0.25, 0.3) is 0 Å². The molecule has 2 fully saturated rings. The van der Waals surface area contributed by atoms with E-state index in [0.29, 0.717) is 37.8 Å². The van der Waals surface area contributed by atoms with Crippen molar-refractivity contribution in [1.29, 1.82) is 0 Å². The summed E-state index contributed by atoms with van der Waals surface area (Å²) in [4.78, 5) is 25.0. The van der Waals surface area contributed by atoms with Gasteiger partial charge in [0.2, 0.25) is 11.9 Å². The maximum Gasteiger partial charge on any atom is 0.435 e. The molecule has 1 amide bonds. The van der Waals surface area contributed by atoms with E-state index >= 15 is 0 Å². The number of hydrogen-bond acceptors (Lipinski definition) is 5. The molecule has 0 radical (unpaired) electrons. The molecule has 7 nitrogen and oxygen atoms in total. The van der Waals surface area contributed by atoms with Crippen molar-refractivity contribution in [3.63, 3.8) is 0 Å². The molecule has 10 heteroatoms. The van der Waals surface area contributed by atoms with Crippen molar-refractivity contribution in [2.24, 2.45) is 0 Å². The summed E-state index contributed by atoms with van der Waals surface area (Å²) in [6.07, 6.45) is 0.479. The predicted octanol–water partition coefficient (Wildman–Crippen LogP) is 2.48. The number of halogens is 3. The number of aromatic nitrogens is 4. The minimum atomic E-state index is -4.51. The number of rotatable bonds is 4. The van der Waals surface area contributed by atoms with Crippen LogP contribution in [0.25, 0.3) is 0 Å². The van der Waals surface area contributed by atoms with E-state index in [1.165, 1.54) is 4.68 Å². The summed E-state index contributed by atoms with van der Waals surface area (Å²) in [7, 11) is 0. The Morgan fingerprint density at radius 2 is 1.79 bits per heavy atom. The van der Waals surface area contributed by atoms with Gasteiger partial charge in [0.05, 0.1) is 0 Å². The zero-order valence-corrected chi connectivity index (χ0v) is 15.4. The van der Waals surface area contributed by atoms with E-state index in [1.54, 1.807) is 30.3 Å². The fourth-order valence-corrected chi connectivity index (χ4v) is 3.49. The quantitative estimate of drug-likeness (QED) is 0.797. The summed E-state index contributed by atoms with van der Waals surface area (Å²) in [5, 5.41) is 3.73. The molecule has 1 saturated carbocycles. The minimum Gasteiger partial charge on any atom is -0.337 e. The predicted molar refractivity (Wildman–Crippen MR) is 94.7 cm³/mol. The highest BCUT2D eigenvalue weighted by Crippen LogP contribution is 2.43. The van der Waals surface area contributed by atoms with E-state index in [1.807, 2.05) is 4.90 Å². The Bertz CT molecular complexity index is 841. The van der Waals surface area contributed by atoms with Gasteiger partial charge in [-0.25, -0.2) is 9.97 Å². The molecule has 1 aliphatic heterocycles. The molecule has 0 unspecified atom stereocenters. The van der Waals surface area contributed by atoms with Gasteiger partial charge < -0.3 is 9.80 Å². The van der Waals surface area contributed by atoms with Gasteiger partial charge in [-0.1, -0.05) is 0 Å². The van der Waals surface area contributed by atoms with Crippen LogP contribution < -0.4 is 4.90 Å². The Balaban J connectivity index is 1.46. The Morgan fingerprint density at radius 3 is 2.36 bits per heavy atom. The SMILES string of the molecule is C[C@H](C(=O)N1CCN(c2ncccn2)CC1)n1nc(C(F)(F)F)cc1C1CC1. The molecule has 1 atom stereocenters. The maximum atomic E-state index is 13.1. The van der Waals surface area contributed by atoms with Crippen molar-refractivity contribution in [3.8, 4) is 0 Å². The molecule has 150 valence electrons. The lowest BCUT2D eigenvalue weighted by Crippen LogP contribution is -2.51. The van der Waals surface area contributed by atoms with Crippen molar-refractivity contribution in [1.82, 2.24) is 24.6 Å². The lowest BCUT2D eigenvalue weighted by Gasteiger charge is -2.36. The standard InChI is InChI=1S/C18H21F3N6O/c1-12(27-14(13-3-4-13)11-15(24-27)18(19,20)21)16(28)25-7-9-26(10-8-25)17-22-5-2-6-23-17/h2,5-6,11-13H,3-4,7-10H2,1H3/t12-/m1/s1. The molecule has 0 bridgehead atoms. The van der Waals surface area contributed by atoms with Crippen molar-refractivity contribution >= 4 is 11.9 Å². The minimum absolute atomic E-state index is 0.0610. The normalized spacial score (nSPS) is 19.0. The second kappa shape index (κ2) is 7.06. The molecule has 2 aromatic rings. The average molecular weight is 394 g/mol. The van der Waals surface area contributed by atoms with Gasteiger partial charge in [0.1, 0.15) is 6.04 Å². The van der Waals surface area contributed by atoms with Crippen LogP contribution in [0.3, 0.4) is 0 Å². The first-order chi connectivity index (χ1) is 13.3. The molecule has 0 N–H and O–H groups in total. The van der Waals surface area contributed by atoms with E-state index in [4.69, 9.17) is 0 Å². The highest BCUT2D eigenvalue weighted by atomic mass is 19.4. The highest BCUT2D eigenvalue weighted by Gasteiger charge is 2.40. The van der Waals surface area contributed by atoms with Gasteiger partial charge >= 0.3 is 6.18 Å². The van der Waals surface area contributed by atoms with Crippen LogP contribution in [0, 0.1) is 0 Å². The highest BCUT2D eigenvalue weighted by molar-refractivity contribution is 5.80. The van der Waals surface area contributed by atoms with E-state index in [0.717, 1.165) is 18.9 Å². The lowest BCUT2D eigenvalue weighted by atomic mass is 10.2. The number of hydrogen-bond donors (Lipinski definition) is 0. The van der Waals surface area contributed by atoms with Gasteiger partial charge in [-0.05, 0) is 31.9 Å². The third-order valence-electron chi connectivity index (χ3n) is 5.20. The van der Waals surface area contributed by atoms with Crippen molar-refractivity contribution in [2.75, 3.05) is 31.1 Å². The summed E-state index contributed by atoms with van der Waals surface area (Å²) < 4.78 is 40.6. The molecule has 2 aliphatic rings. The first kappa shape index (κ1) is 18.7. The number of anilines is 1. The summed E-state index contributed by atoms with van der Waals surface area (Å²) in [6.45, 7) is 3.70. The van der Waals surface area contributed by atoms with E-state index < -0.39 is 17.9 Å². The van der Waals surface area contributed by atoms with Gasteiger partial charge in [-0.3, -0.25) is 9.48 Å². The molecule has 0 aromatic carbocycles. The first-order valence-electron chi connectivity index (χ1n) is 9.32. The molecule has 0 spiro atoms. The van der Waals surface area contributed by atoms with Crippen molar-refractivity contribution in [2.45, 2.75) is 37.9 Å². The van der Waals surface area contributed by atoms with Gasteiger partial charge in [0, 0.05) is 50.2 Å². The van der Waals surface area contributed by atoms with E-state index in [2.05, 4.69) is 15.1 Å². The summed E-state index contributed by atoms with van der Waals surface area (Å²) in [5.74, 6) is 0.457. The number of piperazine rings is 1. The van der Waals surface area contributed by atoms with E-state index in [-0.39, 0.29) is 11.8 Å².